The average Bonchev–Trinajstić information content (AvgIpc) is 2.28. The van der Waals surface area contributed by atoms with Gasteiger partial charge in [-0.05, 0) is 31.0 Å². The van der Waals surface area contributed by atoms with Crippen LogP contribution in [0.25, 0.3) is 0 Å². The van der Waals surface area contributed by atoms with Crippen molar-refractivity contribution in [2.24, 2.45) is 0 Å². The van der Waals surface area contributed by atoms with Crippen LogP contribution in [0.4, 0.5) is 0 Å². The topological polar surface area (TPSA) is 72.8 Å². The summed E-state index contributed by atoms with van der Waals surface area (Å²) < 4.78 is 20.6. The van der Waals surface area contributed by atoms with E-state index in [0.29, 0.717) is 0 Å². The van der Waals surface area contributed by atoms with Gasteiger partial charge in [-0.3, -0.25) is 4.89 Å². The fourth-order valence-corrected chi connectivity index (χ4v) is 1.91. The van der Waals surface area contributed by atoms with Crippen LogP contribution in [0.5, 0.6) is 5.75 Å². The number of carbonyl (C=O) groups excluding carboxylic acids is 1. The van der Waals surface area contributed by atoms with Crippen LogP contribution < -0.4 is 4.52 Å². The van der Waals surface area contributed by atoms with Gasteiger partial charge < -0.3 is 9.05 Å². The average molecular weight is 270 g/mol. The molecule has 0 aliphatic rings. The van der Waals surface area contributed by atoms with Gasteiger partial charge in [-0.25, -0.2) is 9.36 Å². The Bertz CT molecular complexity index is 492. The maximum absolute atomic E-state index is 11.5. The lowest BCUT2D eigenvalue weighted by Crippen LogP contribution is -2.06. The van der Waals surface area contributed by atoms with E-state index in [1.807, 2.05) is 6.92 Å². The normalized spacial score (nSPS) is 13.5. The number of hydrogen-bond donors (Lipinski definition) is 1. The molecule has 0 bridgehead atoms. The number of phosphoric ester groups is 1. The summed E-state index contributed by atoms with van der Waals surface area (Å²) in [5.41, 5.74) is 1.09. The predicted molar refractivity (Wildman–Crippen MR) is 67.2 cm³/mol. The van der Waals surface area contributed by atoms with Crippen molar-refractivity contribution in [3.05, 3.63) is 42.0 Å². The molecule has 0 spiro atoms. The molecule has 1 atom stereocenters. The van der Waals surface area contributed by atoms with Crippen LogP contribution in [-0.4, -0.2) is 10.9 Å². The smallest absolute Gasteiger partial charge is 0.395 e. The Morgan fingerprint density at radius 3 is 2.39 bits per heavy atom. The highest BCUT2D eigenvalue weighted by Crippen LogP contribution is 2.44. The minimum absolute atomic E-state index is 0.0224. The Kier molecular flexibility index (Phi) is 4.70. The summed E-state index contributed by atoms with van der Waals surface area (Å²) in [6.45, 7) is 6.67. The van der Waals surface area contributed by atoms with Crippen molar-refractivity contribution in [3.63, 3.8) is 0 Å². The Hall–Kier alpha value is -1.58. The van der Waals surface area contributed by atoms with E-state index >= 15 is 0 Å². The van der Waals surface area contributed by atoms with Crippen LogP contribution in [0.2, 0.25) is 0 Å². The molecular formula is C12H15O5P. The molecule has 0 heterocycles. The minimum atomic E-state index is -4.46. The first-order valence-electron chi connectivity index (χ1n) is 5.35. The molecule has 0 aliphatic carbocycles. The zero-order chi connectivity index (χ0) is 13.8. The van der Waals surface area contributed by atoms with Gasteiger partial charge in [-0.1, -0.05) is 25.6 Å². The first-order chi connectivity index (χ1) is 8.34. The Morgan fingerprint density at radius 1 is 1.39 bits per heavy atom. The maximum Gasteiger partial charge on any atom is 0.587 e. The summed E-state index contributed by atoms with van der Waals surface area (Å²) in [6, 6.07) is 6.60. The van der Waals surface area contributed by atoms with E-state index in [2.05, 4.69) is 11.1 Å². The van der Waals surface area contributed by atoms with Gasteiger partial charge >= 0.3 is 13.8 Å². The summed E-state index contributed by atoms with van der Waals surface area (Å²) in [5.74, 6) is -0.807. The second-order valence-electron chi connectivity index (χ2n) is 3.72. The molecule has 0 amide bonds. The molecule has 0 aliphatic heterocycles. The Morgan fingerprint density at radius 2 is 1.94 bits per heavy atom. The largest absolute Gasteiger partial charge is 0.587 e. The molecule has 1 unspecified atom stereocenters. The summed E-state index contributed by atoms with van der Waals surface area (Å²) in [6.07, 6.45) is 0.849. The van der Waals surface area contributed by atoms with Crippen LogP contribution >= 0.6 is 7.82 Å². The fourth-order valence-electron chi connectivity index (χ4n) is 1.12. The van der Waals surface area contributed by atoms with Crippen molar-refractivity contribution in [2.75, 3.05) is 0 Å². The summed E-state index contributed by atoms with van der Waals surface area (Å²) in [5, 5.41) is 0. The lowest BCUT2D eigenvalue weighted by atomic mass is 10.2. The van der Waals surface area contributed by atoms with Crippen molar-refractivity contribution in [1.82, 2.24) is 0 Å². The van der Waals surface area contributed by atoms with E-state index < -0.39 is 13.8 Å². The number of carbonyl (C=O) groups is 1. The van der Waals surface area contributed by atoms with E-state index in [4.69, 9.17) is 4.52 Å². The second kappa shape index (κ2) is 5.85. The molecule has 98 valence electrons. The van der Waals surface area contributed by atoms with Crippen molar-refractivity contribution >= 4 is 13.8 Å². The fraction of sp³-hybridized carbons (Fsp3) is 0.250. The third kappa shape index (κ3) is 4.35. The number of benzene rings is 1. The standard InChI is InChI=1S/C12H15O5P/c1-4-10-5-7-11(8-6-10)16-18(14,15)17-12(13)9(2)3/h5-8H,2,4H2,1,3H3,(H,14,15). The highest BCUT2D eigenvalue weighted by molar-refractivity contribution is 7.48. The lowest BCUT2D eigenvalue weighted by Gasteiger charge is -2.12. The quantitative estimate of drug-likeness (QED) is 0.658. The van der Waals surface area contributed by atoms with Gasteiger partial charge in [0.15, 0.2) is 0 Å². The molecule has 1 aromatic carbocycles. The van der Waals surface area contributed by atoms with E-state index in [0.717, 1.165) is 12.0 Å². The van der Waals surface area contributed by atoms with Crippen LogP contribution in [0.15, 0.2) is 36.4 Å². The number of aryl methyl sites for hydroxylation is 1. The van der Waals surface area contributed by atoms with Crippen LogP contribution in [0, 0.1) is 0 Å². The number of phosphoric acid groups is 1. The number of hydrogen-bond acceptors (Lipinski definition) is 4. The third-order valence-corrected chi connectivity index (χ3v) is 2.94. The van der Waals surface area contributed by atoms with E-state index in [1.165, 1.54) is 19.1 Å². The molecule has 0 fully saturated rings. The molecule has 1 rings (SSSR count). The van der Waals surface area contributed by atoms with E-state index in [-0.39, 0.29) is 11.3 Å². The van der Waals surface area contributed by atoms with Gasteiger partial charge in [-0.2, -0.15) is 0 Å². The van der Waals surface area contributed by atoms with Crippen LogP contribution in [-0.2, 0) is 20.3 Å². The van der Waals surface area contributed by atoms with Gasteiger partial charge in [0.1, 0.15) is 5.75 Å². The third-order valence-electron chi connectivity index (χ3n) is 2.10. The van der Waals surface area contributed by atoms with Crippen molar-refractivity contribution in [3.8, 4) is 5.75 Å². The van der Waals surface area contributed by atoms with Gasteiger partial charge in [0.25, 0.3) is 0 Å². The van der Waals surface area contributed by atoms with E-state index in [9.17, 15) is 14.3 Å². The van der Waals surface area contributed by atoms with Gasteiger partial charge in [0.05, 0.1) is 0 Å². The SMILES string of the molecule is C=C(C)C(=O)OP(=O)(O)Oc1ccc(CC)cc1. The van der Waals surface area contributed by atoms with Gasteiger partial charge in [0.2, 0.25) is 0 Å². The second-order valence-corrected chi connectivity index (χ2v) is 5.02. The predicted octanol–water partition coefficient (Wildman–Crippen LogP) is 2.85. The molecular weight excluding hydrogens is 255 g/mol. The van der Waals surface area contributed by atoms with Crippen molar-refractivity contribution in [1.29, 1.82) is 0 Å². The molecule has 1 N–H and O–H groups in total. The summed E-state index contributed by atoms with van der Waals surface area (Å²) in [4.78, 5) is 20.5. The van der Waals surface area contributed by atoms with E-state index in [1.54, 1.807) is 12.1 Å². The highest BCUT2D eigenvalue weighted by Gasteiger charge is 2.28. The van der Waals surface area contributed by atoms with Gasteiger partial charge in [0, 0.05) is 5.57 Å². The highest BCUT2D eigenvalue weighted by atomic mass is 31.2. The molecule has 0 saturated heterocycles. The molecule has 1 aromatic rings. The zero-order valence-corrected chi connectivity index (χ0v) is 11.1. The molecule has 0 saturated carbocycles. The van der Waals surface area contributed by atoms with Crippen molar-refractivity contribution in [2.45, 2.75) is 20.3 Å². The van der Waals surface area contributed by atoms with Crippen molar-refractivity contribution < 1.29 is 23.3 Å². The monoisotopic (exact) mass is 270 g/mol. The van der Waals surface area contributed by atoms with Crippen LogP contribution in [0.1, 0.15) is 19.4 Å². The molecule has 5 nitrogen and oxygen atoms in total. The molecule has 18 heavy (non-hydrogen) atoms. The molecule has 0 radical (unpaired) electrons. The summed E-state index contributed by atoms with van der Waals surface area (Å²) in [7, 11) is -4.46. The molecule has 6 heteroatoms. The summed E-state index contributed by atoms with van der Waals surface area (Å²) >= 11 is 0. The minimum Gasteiger partial charge on any atom is -0.395 e. The van der Waals surface area contributed by atoms with Gasteiger partial charge in [-0.15, -0.1) is 0 Å². The number of rotatable bonds is 5. The lowest BCUT2D eigenvalue weighted by molar-refractivity contribution is -0.131. The Labute approximate surface area is 106 Å². The first kappa shape index (κ1) is 14.5. The Balaban J connectivity index is 2.72. The first-order valence-corrected chi connectivity index (χ1v) is 6.84. The van der Waals surface area contributed by atoms with Crippen LogP contribution in [0.3, 0.4) is 0 Å². The zero-order valence-electron chi connectivity index (χ0n) is 10.3. The maximum atomic E-state index is 11.5. The molecule has 0 aromatic heterocycles.